The number of hydrogen-bond acceptors (Lipinski definition) is 3. The lowest BCUT2D eigenvalue weighted by Crippen LogP contribution is -2.37. The Hall–Kier alpha value is -0.770. The molecular weight excluding hydrogens is 204 g/mol. The summed E-state index contributed by atoms with van der Waals surface area (Å²) in [5.74, 6) is 6.37. The molecule has 1 unspecified atom stereocenters. The lowest BCUT2D eigenvalue weighted by molar-refractivity contribution is 0.649. The fourth-order valence-corrected chi connectivity index (χ4v) is 2.42. The summed E-state index contributed by atoms with van der Waals surface area (Å²) < 4.78 is 0. The van der Waals surface area contributed by atoms with Gasteiger partial charge >= 0.3 is 0 Å². The third kappa shape index (κ3) is 3.70. The zero-order chi connectivity index (χ0) is 11.3. The summed E-state index contributed by atoms with van der Waals surface area (Å²) in [5, 5.41) is 0. The molecule has 1 rings (SSSR count). The van der Waals surface area contributed by atoms with E-state index in [0.717, 1.165) is 11.3 Å². The van der Waals surface area contributed by atoms with Crippen LogP contribution < -0.4 is 11.3 Å². The van der Waals surface area contributed by atoms with E-state index in [1.165, 1.54) is 10.5 Å². The van der Waals surface area contributed by atoms with Crippen LogP contribution in [0.4, 0.5) is 0 Å². The number of aryl methyl sites for hydroxylation is 1. The van der Waals surface area contributed by atoms with Gasteiger partial charge < -0.3 is 0 Å². The Kier molecular flexibility index (Phi) is 4.88. The first-order valence-electron chi connectivity index (χ1n) is 4.95. The summed E-state index contributed by atoms with van der Waals surface area (Å²) in [5.41, 5.74) is 5.14. The van der Waals surface area contributed by atoms with Gasteiger partial charge in [0, 0.05) is 10.6 Å². The fourth-order valence-electron chi connectivity index (χ4n) is 1.22. The van der Waals surface area contributed by atoms with Gasteiger partial charge in [-0.3, -0.25) is 11.3 Å². The molecule has 0 amide bonds. The highest BCUT2D eigenvalue weighted by atomic mass is 32.2. The van der Waals surface area contributed by atoms with Crippen molar-refractivity contribution in [1.82, 2.24) is 5.43 Å². The van der Waals surface area contributed by atoms with Crippen LogP contribution in [-0.4, -0.2) is 11.8 Å². The predicted molar refractivity (Wildman–Crippen MR) is 67.8 cm³/mol. The number of rotatable bonds is 5. The Morgan fingerprint density at radius 1 is 1.53 bits per heavy atom. The summed E-state index contributed by atoms with van der Waals surface area (Å²) in [6, 6.07) is 8.53. The van der Waals surface area contributed by atoms with E-state index < -0.39 is 0 Å². The van der Waals surface area contributed by atoms with Crippen LogP contribution >= 0.6 is 11.8 Å². The lowest BCUT2D eigenvalue weighted by Gasteiger charge is -2.15. The van der Waals surface area contributed by atoms with Gasteiger partial charge in [0.2, 0.25) is 0 Å². The number of nitrogens with one attached hydrogen (secondary N) is 1. The molecule has 0 radical (unpaired) electrons. The molecule has 0 saturated carbocycles. The second-order valence-corrected chi connectivity index (χ2v) is 4.70. The van der Waals surface area contributed by atoms with E-state index >= 15 is 0 Å². The molecule has 0 heterocycles. The van der Waals surface area contributed by atoms with Crippen LogP contribution in [0, 0.1) is 6.92 Å². The van der Waals surface area contributed by atoms with E-state index in [1.54, 1.807) is 11.8 Å². The lowest BCUT2D eigenvalue weighted by atomic mass is 10.2. The summed E-state index contributed by atoms with van der Waals surface area (Å²) in [4.78, 5) is 1.30. The van der Waals surface area contributed by atoms with Crippen molar-refractivity contribution in [3.8, 4) is 0 Å². The third-order valence-corrected chi connectivity index (χ3v) is 3.56. The van der Waals surface area contributed by atoms with Crippen LogP contribution in [0.25, 0.3) is 0 Å². The van der Waals surface area contributed by atoms with Crippen molar-refractivity contribution in [3.05, 3.63) is 42.0 Å². The Morgan fingerprint density at radius 2 is 2.20 bits per heavy atom. The molecule has 0 saturated heterocycles. The number of thioether (sulfide) groups is 1. The molecule has 0 aliphatic carbocycles. The van der Waals surface area contributed by atoms with Crippen LogP contribution in [-0.2, 0) is 0 Å². The first-order valence-corrected chi connectivity index (χ1v) is 5.93. The van der Waals surface area contributed by atoms with Gasteiger partial charge in [-0.25, -0.2) is 0 Å². The van der Waals surface area contributed by atoms with Crippen LogP contribution in [0.3, 0.4) is 0 Å². The van der Waals surface area contributed by atoms with Gasteiger partial charge in [-0.15, -0.1) is 11.8 Å². The average molecular weight is 222 g/mol. The molecule has 2 nitrogen and oxygen atoms in total. The summed E-state index contributed by atoms with van der Waals surface area (Å²) in [6.07, 6.45) is 0. The minimum absolute atomic E-state index is 0.176. The quantitative estimate of drug-likeness (QED) is 0.348. The number of hydrazine groups is 1. The number of nitrogens with two attached hydrogens (primary N) is 1. The topological polar surface area (TPSA) is 38.0 Å². The smallest absolute Gasteiger partial charge is 0.0508 e. The SMILES string of the molecule is C=C(C)C(CSc1ccccc1C)NN. The molecule has 3 heteroatoms. The van der Waals surface area contributed by atoms with Crippen molar-refractivity contribution in [1.29, 1.82) is 0 Å². The summed E-state index contributed by atoms with van der Waals surface area (Å²) in [7, 11) is 0. The van der Waals surface area contributed by atoms with Crippen molar-refractivity contribution in [2.24, 2.45) is 5.84 Å². The Bertz CT molecular complexity index is 336. The molecule has 0 spiro atoms. The van der Waals surface area contributed by atoms with E-state index in [4.69, 9.17) is 5.84 Å². The van der Waals surface area contributed by atoms with Gasteiger partial charge in [-0.05, 0) is 25.5 Å². The van der Waals surface area contributed by atoms with E-state index in [0.29, 0.717) is 0 Å². The highest BCUT2D eigenvalue weighted by molar-refractivity contribution is 7.99. The largest absolute Gasteiger partial charge is 0.271 e. The fraction of sp³-hybridized carbons (Fsp3) is 0.333. The second kappa shape index (κ2) is 5.95. The molecule has 0 aliphatic heterocycles. The van der Waals surface area contributed by atoms with E-state index in [-0.39, 0.29) is 6.04 Å². The number of hydrogen-bond donors (Lipinski definition) is 2. The van der Waals surface area contributed by atoms with E-state index in [9.17, 15) is 0 Å². The summed E-state index contributed by atoms with van der Waals surface area (Å²) >= 11 is 1.80. The summed E-state index contributed by atoms with van der Waals surface area (Å²) in [6.45, 7) is 8.01. The molecule has 0 bridgehead atoms. The number of benzene rings is 1. The minimum Gasteiger partial charge on any atom is -0.271 e. The molecular formula is C12H18N2S. The average Bonchev–Trinajstić information content (AvgIpc) is 2.21. The van der Waals surface area contributed by atoms with Crippen LogP contribution in [0.1, 0.15) is 12.5 Å². The molecule has 3 N–H and O–H groups in total. The molecule has 0 aliphatic rings. The Morgan fingerprint density at radius 3 is 2.73 bits per heavy atom. The van der Waals surface area contributed by atoms with Gasteiger partial charge in [0.05, 0.1) is 6.04 Å². The molecule has 15 heavy (non-hydrogen) atoms. The van der Waals surface area contributed by atoms with Crippen molar-refractivity contribution in [3.63, 3.8) is 0 Å². The normalized spacial score (nSPS) is 12.5. The highest BCUT2D eigenvalue weighted by Gasteiger charge is 2.08. The maximum absolute atomic E-state index is 5.45. The van der Waals surface area contributed by atoms with Crippen molar-refractivity contribution in [2.45, 2.75) is 24.8 Å². The maximum atomic E-state index is 5.45. The minimum atomic E-state index is 0.176. The van der Waals surface area contributed by atoms with Crippen molar-refractivity contribution >= 4 is 11.8 Å². The first-order chi connectivity index (χ1) is 7.15. The van der Waals surface area contributed by atoms with Crippen molar-refractivity contribution in [2.75, 3.05) is 5.75 Å². The van der Waals surface area contributed by atoms with Crippen molar-refractivity contribution < 1.29 is 0 Å². The third-order valence-electron chi connectivity index (χ3n) is 2.30. The Balaban J connectivity index is 2.56. The van der Waals surface area contributed by atoms with Gasteiger partial charge in [0.25, 0.3) is 0 Å². The van der Waals surface area contributed by atoms with Crippen LogP contribution in [0.2, 0.25) is 0 Å². The van der Waals surface area contributed by atoms with Crippen LogP contribution in [0.15, 0.2) is 41.3 Å². The van der Waals surface area contributed by atoms with Gasteiger partial charge in [0.15, 0.2) is 0 Å². The monoisotopic (exact) mass is 222 g/mol. The molecule has 1 aromatic rings. The van der Waals surface area contributed by atoms with E-state index in [1.807, 2.05) is 6.92 Å². The van der Waals surface area contributed by atoms with Gasteiger partial charge in [0.1, 0.15) is 0 Å². The molecule has 82 valence electrons. The molecule has 0 fully saturated rings. The molecule has 0 aromatic heterocycles. The van der Waals surface area contributed by atoms with Gasteiger partial charge in [-0.1, -0.05) is 30.4 Å². The first kappa shape index (κ1) is 12.3. The zero-order valence-electron chi connectivity index (χ0n) is 9.29. The standard InChI is InChI=1S/C12H18N2S/c1-9(2)11(14-13)8-15-12-7-5-4-6-10(12)3/h4-7,11,14H,1,8,13H2,2-3H3. The van der Waals surface area contributed by atoms with Gasteiger partial charge in [-0.2, -0.15) is 0 Å². The molecule has 1 aromatic carbocycles. The van der Waals surface area contributed by atoms with E-state index in [2.05, 4.69) is 43.2 Å². The maximum Gasteiger partial charge on any atom is 0.0508 e. The zero-order valence-corrected chi connectivity index (χ0v) is 10.1. The van der Waals surface area contributed by atoms with Crippen LogP contribution in [0.5, 0.6) is 0 Å². The Labute approximate surface area is 95.9 Å². The predicted octanol–water partition coefficient (Wildman–Crippen LogP) is 2.50. The second-order valence-electron chi connectivity index (χ2n) is 3.64. The highest BCUT2D eigenvalue weighted by Crippen LogP contribution is 2.23. The molecule has 1 atom stereocenters.